The van der Waals surface area contributed by atoms with Crippen molar-refractivity contribution in [1.82, 2.24) is 10.6 Å². The van der Waals surface area contributed by atoms with Gasteiger partial charge in [0, 0.05) is 6.42 Å². The van der Waals surface area contributed by atoms with E-state index in [2.05, 4.69) is 10.6 Å². The smallest absolute Gasteiger partial charge is 0.408 e. The van der Waals surface area contributed by atoms with Crippen LogP contribution >= 0.6 is 0 Å². The molecule has 0 bridgehead atoms. The average molecular weight is 639 g/mol. The third-order valence-corrected chi connectivity index (χ3v) is 6.84. The van der Waals surface area contributed by atoms with Crippen molar-refractivity contribution in [2.24, 2.45) is 0 Å². The number of nitrogens with one attached hydrogen (secondary N) is 2. The average Bonchev–Trinajstić information content (AvgIpc) is 3.06. The van der Waals surface area contributed by atoms with Crippen LogP contribution in [0.1, 0.15) is 43.0 Å². The second-order valence-electron chi connectivity index (χ2n) is 12.0. The first kappa shape index (κ1) is 34.7. The van der Waals surface area contributed by atoms with Gasteiger partial charge in [0.1, 0.15) is 36.6 Å². The van der Waals surface area contributed by atoms with E-state index in [4.69, 9.17) is 18.9 Å². The van der Waals surface area contributed by atoms with Gasteiger partial charge in [-0.3, -0.25) is 4.79 Å². The predicted molar refractivity (Wildman–Crippen MR) is 178 cm³/mol. The maximum Gasteiger partial charge on any atom is 0.408 e. The molecule has 2 N–H and O–H groups in total. The van der Waals surface area contributed by atoms with Crippen LogP contribution in [-0.4, -0.2) is 42.3 Å². The molecule has 2 amide bonds. The predicted octanol–water partition coefficient (Wildman–Crippen LogP) is 6.15. The summed E-state index contributed by atoms with van der Waals surface area (Å²) >= 11 is 0. The fraction of sp³-hybridized carbons (Fsp3) is 0.289. The lowest BCUT2D eigenvalue weighted by molar-refractivity contribution is -0.149. The topological polar surface area (TPSA) is 112 Å². The number of rotatable bonds is 15. The third kappa shape index (κ3) is 12.6. The minimum Gasteiger partial charge on any atom is -0.489 e. The highest BCUT2D eigenvalue weighted by Crippen LogP contribution is 2.16. The van der Waals surface area contributed by atoms with Crippen molar-refractivity contribution >= 4 is 18.0 Å². The molecule has 0 aromatic heterocycles. The van der Waals surface area contributed by atoms with Gasteiger partial charge in [0.05, 0.1) is 13.2 Å². The van der Waals surface area contributed by atoms with Crippen LogP contribution in [0.25, 0.3) is 0 Å². The summed E-state index contributed by atoms with van der Waals surface area (Å²) in [5.41, 5.74) is 2.75. The standard InChI is InChI=1S/C38H42N2O7/c1-38(2,3)47-37(43)40-34(27-44-24-29-13-7-4-8-14-29)35(41)39-33(36(42)46-26-31-17-11-6-12-18-31)23-28-19-21-32(22-20-28)45-25-30-15-9-5-10-16-30/h4-22,33-34H,23-27H2,1-3H3,(H,39,41)(H,40,43)/t33-,34-/m0/s1. The van der Waals surface area contributed by atoms with Crippen LogP contribution in [0.3, 0.4) is 0 Å². The molecule has 0 fully saturated rings. The van der Waals surface area contributed by atoms with E-state index in [0.29, 0.717) is 12.4 Å². The second kappa shape index (κ2) is 17.5. The number of hydrogen-bond acceptors (Lipinski definition) is 7. The highest BCUT2D eigenvalue weighted by atomic mass is 16.6. The lowest BCUT2D eigenvalue weighted by Gasteiger charge is -2.25. The summed E-state index contributed by atoms with van der Waals surface area (Å²) in [5, 5.41) is 5.38. The molecular weight excluding hydrogens is 596 g/mol. The van der Waals surface area contributed by atoms with Gasteiger partial charge in [-0.25, -0.2) is 9.59 Å². The summed E-state index contributed by atoms with van der Waals surface area (Å²) in [5.74, 6) is -0.566. The Morgan fingerprint density at radius 1 is 0.617 bits per heavy atom. The summed E-state index contributed by atoms with van der Waals surface area (Å²) in [7, 11) is 0. The van der Waals surface area contributed by atoms with Gasteiger partial charge in [-0.1, -0.05) is 103 Å². The Morgan fingerprint density at radius 2 is 1.15 bits per heavy atom. The normalized spacial score (nSPS) is 12.3. The Kier molecular flexibility index (Phi) is 12.9. The Labute approximate surface area is 276 Å². The molecule has 0 radical (unpaired) electrons. The van der Waals surface area contributed by atoms with Crippen LogP contribution in [-0.2, 0) is 50.0 Å². The molecule has 0 aliphatic carbocycles. The van der Waals surface area contributed by atoms with Crippen LogP contribution in [0.4, 0.5) is 4.79 Å². The monoisotopic (exact) mass is 638 g/mol. The zero-order chi connectivity index (χ0) is 33.5. The molecule has 246 valence electrons. The molecule has 4 aromatic rings. The summed E-state index contributed by atoms with van der Waals surface area (Å²) < 4.78 is 22.7. The van der Waals surface area contributed by atoms with Crippen molar-refractivity contribution in [3.8, 4) is 5.75 Å². The first-order valence-corrected chi connectivity index (χ1v) is 15.5. The van der Waals surface area contributed by atoms with Crippen molar-refractivity contribution in [3.63, 3.8) is 0 Å². The van der Waals surface area contributed by atoms with E-state index in [-0.39, 0.29) is 26.2 Å². The number of alkyl carbamates (subject to hydrolysis) is 1. The maximum atomic E-state index is 13.7. The van der Waals surface area contributed by atoms with Crippen molar-refractivity contribution in [1.29, 1.82) is 0 Å². The summed E-state index contributed by atoms with van der Waals surface area (Å²) in [6.07, 6.45) is -0.641. The summed E-state index contributed by atoms with van der Waals surface area (Å²) in [6.45, 7) is 5.71. The number of benzene rings is 4. The van der Waals surface area contributed by atoms with Crippen LogP contribution in [0.15, 0.2) is 115 Å². The Morgan fingerprint density at radius 3 is 1.70 bits per heavy atom. The lowest BCUT2D eigenvalue weighted by atomic mass is 10.1. The molecule has 9 heteroatoms. The molecular formula is C38H42N2O7. The Balaban J connectivity index is 1.46. The van der Waals surface area contributed by atoms with E-state index in [1.807, 2.05) is 115 Å². The summed E-state index contributed by atoms with van der Waals surface area (Å²) in [6, 6.07) is 33.7. The second-order valence-corrected chi connectivity index (χ2v) is 12.0. The Hall–Kier alpha value is -5.15. The van der Waals surface area contributed by atoms with E-state index in [0.717, 1.165) is 22.3 Å². The van der Waals surface area contributed by atoms with E-state index in [1.54, 1.807) is 20.8 Å². The molecule has 0 saturated heterocycles. The molecule has 4 aromatic carbocycles. The van der Waals surface area contributed by atoms with E-state index in [9.17, 15) is 14.4 Å². The van der Waals surface area contributed by atoms with Gasteiger partial charge in [-0.05, 0) is 55.2 Å². The summed E-state index contributed by atoms with van der Waals surface area (Å²) in [4.78, 5) is 39.7. The van der Waals surface area contributed by atoms with Gasteiger partial charge < -0.3 is 29.6 Å². The van der Waals surface area contributed by atoms with Gasteiger partial charge in [0.2, 0.25) is 5.91 Å². The van der Waals surface area contributed by atoms with Gasteiger partial charge in [-0.15, -0.1) is 0 Å². The van der Waals surface area contributed by atoms with Gasteiger partial charge in [0.25, 0.3) is 0 Å². The van der Waals surface area contributed by atoms with Gasteiger partial charge in [-0.2, -0.15) is 0 Å². The lowest BCUT2D eigenvalue weighted by Crippen LogP contribution is -2.54. The van der Waals surface area contributed by atoms with Crippen LogP contribution < -0.4 is 15.4 Å². The van der Waals surface area contributed by atoms with Crippen LogP contribution in [0.5, 0.6) is 5.75 Å². The number of amides is 2. The van der Waals surface area contributed by atoms with Crippen molar-refractivity contribution in [3.05, 3.63) is 138 Å². The fourth-order valence-electron chi connectivity index (χ4n) is 4.49. The molecule has 47 heavy (non-hydrogen) atoms. The number of esters is 1. The highest BCUT2D eigenvalue weighted by molar-refractivity contribution is 5.90. The van der Waals surface area contributed by atoms with Crippen LogP contribution in [0, 0.1) is 0 Å². The van der Waals surface area contributed by atoms with Crippen LogP contribution in [0.2, 0.25) is 0 Å². The molecule has 0 saturated carbocycles. The largest absolute Gasteiger partial charge is 0.489 e. The SMILES string of the molecule is CC(C)(C)OC(=O)N[C@@H](COCc1ccccc1)C(=O)N[C@@H](Cc1ccc(OCc2ccccc2)cc1)C(=O)OCc1ccccc1. The molecule has 0 spiro atoms. The number of carbonyl (C=O) groups excluding carboxylic acids is 3. The zero-order valence-electron chi connectivity index (χ0n) is 27.0. The Bertz CT molecular complexity index is 1540. The number of ether oxygens (including phenoxy) is 4. The first-order chi connectivity index (χ1) is 22.6. The molecule has 0 aliphatic rings. The molecule has 2 atom stereocenters. The van der Waals surface area contributed by atoms with Crippen molar-refractivity contribution in [2.45, 2.75) is 64.7 Å². The molecule has 4 rings (SSSR count). The quantitative estimate of drug-likeness (QED) is 0.150. The maximum absolute atomic E-state index is 13.7. The number of hydrogen-bond donors (Lipinski definition) is 2. The van der Waals surface area contributed by atoms with Gasteiger partial charge in [0.15, 0.2) is 0 Å². The minimum absolute atomic E-state index is 0.0398. The fourth-order valence-corrected chi connectivity index (χ4v) is 4.49. The first-order valence-electron chi connectivity index (χ1n) is 15.5. The van der Waals surface area contributed by atoms with E-state index in [1.165, 1.54) is 0 Å². The minimum atomic E-state index is -1.15. The molecule has 0 heterocycles. The highest BCUT2D eigenvalue weighted by Gasteiger charge is 2.30. The third-order valence-electron chi connectivity index (χ3n) is 6.84. The molecule has 9 nitrogen and oxygen atoms in total. The number of carbonyl (C=O) groups is 3. The van der Waals surface area contributed by atoms with Crippen molar-refractivity contribution in [2.75, 3.05) is 6.61 Å². The zero-order valence-corrected chi connectivity index (χ0v) is 27.0. The van der Waals surface area contributed by atoms with E-state index >= 15 is 0 Å². The van der Waals surface area contributed by atoms with Crippen molar-refractivity contribution < 1.29 is 33.3 Å². The van der Waals surface area contributed by atoms with Gasteiger partial charge >= 0.3 is 12.1 Å². The van der Waals surface area contributed by atoms with E-state index < -0.39 is 35.7 Å². The molecule has 0 aliphatic heterocycles. The molecule has 0 unspecified atom stereocenters.